The number of aryl methyl sites for hydroxylation is 2. The maximum absolute atomic E-state index is 12.4. The Labute approximate surface area is 167 Å². The quantitative estimate of drug-likeness (QED) is 0.711. The molecule has 1 aromatic heterocycles. The molecule has 0 bridgehead atoms. The number of hydrogen-bond donors (Lipinski definition) is 2. The molecule has 0 fully saturated rings. The van der Waals surface area contributed by atoms with Gasteiger partial charge in [0.05, 0.1) is 21.9 Å². The molecule has 0 unspecified atom stereocenters. The van der Waals surface area contributed by atoms with Crippen LogP contribution in [0.2, 0.25) is 5.02 Å². The number of benzene rings is 1. The van der Waals surface area contributed by atoms with E-state index in [-0.39, 0.29) is 9.92 Å². The summed E-state index contributed by atoms with van der Waals surface area (Å²) in [7, 11) is -2.50. The highest BCUT2D eigenvalue weighted by molar-refractivity contribution is 7.89. The molecule has 0 radical (unpaired) electrons. The first-order valence-corrected chi connectivity index (χ1v) is 11.4. The Morgan fingerprint density at radius 1 is 1.15 bits per heavy atom. The summed E-state index contributed by atoms with van der Waals surface area (Å²) in [6.45, 7) is 0. The molecule has 0 saturated heterocycles. The number of carbonyl (C=O) groups is 1. The predicted octanol–water partition coefficient (Wildman–Crippen LogP) is 3.69. The monoisotopic (exact) mass is 428 g/mol. The van der Waals surface area contributed by atoms with Crippen LogP contribution < -0.4 is 15.0 Å². The van der Waals surface area contributed by atoms with E-state index in [1.165, 1.54) is 59.9 Å². The molecule has 3 rings (SSSR count). The van der Waals surface area contributed by atoms with E-state index < -0.39 is 15.9 Å². The van der Waals surface area contributed by atoms with E-state index in [2.05, 4.69) is 10.3 Å². The van der Waals surface area contributed by atoms with E-state index in [4.69, 9.17) is 16.3 Å². The number of hydrazine groups is 1. The van der Waals surface area contributed by atoms with Crippen LogP contribution in [-0.4, -0.2) is 21.4 Å². The summed E-state index contributed by atoms with van der Waals surface area (Å²) in [6, 6.07) is 5.96. The predicted molar refractivity (Wildman–Crippen MR) is 106 cm³/mol. The molecule has 6 nitrogen and oxygen atoms in total. The number of hydrogen-bond acceptors (Lipinski definition) is 5. The Morgan fingerprint density at radius 2 is 1.89 bits per heavy atom. The van der Waals surface area contributed by atoms with Crippen molar-refractivity contribution in [1.82, 2.24) is 10.3 Å². The molecule has 1 aliphatic carbocycles. The van der Waals surface area contributed by atoms with Crippen LogP contribution in [0.1, 0.15) is 45.8 Å². The third-order valence-corrected chi connectivity index (χ3v) is 7.23. The molecule has 1 aliphatic rings. The standard InChI is InChI=1S/C18H21ClN2O4S2/c1-25-15-9-8-13(11-14(15)19)27(23,24)21-20-18(22)17-10-12-6-4-2-3-5-7-16(12)26-17/h8-11,21H,2-7H2,1H3,(H,20,22). The van der Waals surface area contributed by atoms with Crippen molar-refractivity contribution in [2.45, 2.75) is 43.4 Å². The second-order valence-corrected chi connectivity index (χ2v) is 9.56. The van der Waals surface area contributed by atoms with Crippen molar-refractivity contribution in [2.24, 2.45) is 0 Å². The number of carbonyl (C=O) groups excluding carboxylic acids is 1. The number of sulfonamides is 1. The normalized spacial score (nSPS) is 14.7. The minimum absolute atomic E-state index is 0.0629. The van der Waals surface area contributed by atoms with Gasteiger partial charge in [-0.05, 0) is 55.5 Å². The molecule has 0 spiro atoms. The van der Waals surface area contributed by atoms with Crippen LogP contribution in [0.5, 0.6) is 5.75 Å². The first kappa shape index (κ1) is 20.1. The number of rotatable bonds is 5. The molecule has 2 N–H and O–H groups in total. The van der Waals surface area contributed by atoms with Gasteiger partial charge in [0.25, 0.3) is 15.9 Å². The Hall–Kier alpha value is -1.61. The molecule has 146 valence electrons. The van der Waals surface area contributed by atoms with Crippen molar-refractivity contribution < 1.29 is 17.9 Å². The highest BCUT2D eigenvalue weighted by Crippen LogP contribution is 2.29. The molecule has 9 heteroatoms. The van der Waals surface area contributed by atoms with Gasteiger partial charge >= 0.3 is 0 Å². The van der Waals surface area contributed by atoms with Gasteiger partial charge in [-0.2, -0.15) is 0 Å². The van der Waals surface area contributed by atoms with Crippen molar-refractivity contribution in [3.05, 3.63) is 44.6 Å². The topological polar surface area (TPSA) is 84.5 Å². The van der Waals surface area contributed by atoms with Crippen LogP contribution in [0.4, 0.5) is 0 Å². The van der Waals surface area contributed by atoms with E-state index in [9.17, 15) is 13.2 Å². The lowest BCUT2D eigenvalue weighted by Gasteiger charge is -2.09. The number of nitrogens with one attached hydrogen (secondary N) is 2. The minimum atomic E-state index is -3.94. The summed E-state index contributed by atoms with van der Waals surface area (Å²) in [6.07, 6.45) is 6.61. The lowest BCUT2D eigenvalue weighted by atomic mass is 10.00. The van der Waals surface area contributed by atoms with Gasteiger partial charge in [-0.25, -0.2) is 8.42 Å². The van der Waals surface area contributed by atoms with Crippen molar-refractivity contribution in [3.8, 4) is 5.75 Å². The lowest BCUT2D eigenvalue weighted by molar-refractivity contribution is 0.0949. The van der Waals surface area contributed by atoms with Crippen LogP contribution in [-0.2, 0) is 22.9 Å². The van der Waals surface area contributed by atoms with Crippen molar-refractivity contribution in [1.29, 1.82) is 0 Å². The summed E-state index contributed by atoms with van der Waals surface area (Å²) in [5.74, 6) is -0.0921. The van der Waals surface area contributed by atoms with Crippen LogP contribution in [0.25, 0.3) is 0 Å². The van der Waals surface area contributed by atoms with Gasteiger partial charge in [-0.3, -0.25) is 10.2 Å². The smallest absolute Gasteiger partial charge is 0.276 e. The number of thiophene rings is 1. The van der Waals surface area contributed by atoms with E-state index in [1.54, 1.807) is 0 Å². The van der Waals surface area contributed by atoms with Crippen LogP contribution in [0.15, 0.2) is 29.2 Å². The third kappa shape index (κ3) is 4.82. The summed E-state index contributed by atoms with van der Waals surface area (Å²) in [4.78, 5) is 16.2. The maximum Gasteiger partial charge on any atom is 0.276 e. The zero-order chi connectivity index (χ0) is 19.4. The summed E-state index contributed by atoms with van der Waals surface area (Å²) < 4.78 is 29.8. The first-order chi connectivity index (χ1) is 12.9. The van der Waals surface area contributed by atoms with Gasteiger partial charge in [0.1, 0.15) is 5.75 Å². The van der Waals surface area contributed by atoms with Gasteiger partial charge in [-0.1, -0.05) is 24.4 Å². The molecule has 27 heavy (non-hydrogen) atoms. The Balaban J connectivity index is 1.69. The molecule has 0 aliphatic heterocycles. The Bertz CT molecular complexity index is 915. The average Bonchev–Trinajstić information content (AvgIpc) is 3.01. The molecule has 1 heterocycles. The fraction of sp³-hybridized carbons (Fsp3) is 0.389. The summed E-state index contributed by atoms with van der Waals surface area (Å²) in [5, 5.41) is 0.171. The molecular weight excluding hydrogens is 408 g/mol. The minimum Gasteiger partial charge on any atom is -0.495 e. The highest BCUT2D eigenvalue weighted by atomic mass is 35.5. The van der Waals surface area contributed by atoms with Crippen molar-refractivity contribution in [3.63, 3.8) is 0 Å². The second-order valence-electron chi connectivity index (χ2n) is 6.33. The lowest BCUT2D eigenvalue weighted by Crippen LogP contribution is -2.41. The molecule has 0 saturated carbocycles. The number of halogens is 1. The maximum atomic E-state index is 12.4. The van der Waals surface area contributed by atoms with Gasteiger partial charge < -0.3 is 4.74 Å². The van der Waals surface area contributed by atoms with Crippen molar-refractivity contribution >= 4 is 38.9 Å². The zero-order valence-corrected chi connectivity index (χ0v) is 17.3. The highest BCUT2D eigenvalue weighted by Gasteiger charge is 2.20. The number of methoxy groups -OCH3 is 1. The van der Waals surface area contributed by atoms with Crippen LogP contribution >= 0.6 is 22.9 Å². The second kappa shape index (κ2) is 8.60. The largest absolute Gasteiger partial charge is 0.495 e. The molecule has 0 atom stereocenters. The van der Waals surface area contributed by atoms with E-state index >= 15 is 0 Å². The van der Waals surface area contributed by atoms with Gasteiger partial charge in [-0.15, -0.1) is 16.2 Å². The molecule has 1 aromatic carbocycles. The Kier molecular flexibility index (Phi) is 6.41. The average molecular weight is 429 g/mol. The number of ether oxygens (including phenoxy) is 1. The van der Waals surface area contributed by atoms with Crippen LogP contribution in [0, 0.1) is 0 Å². The zero-order valence-electron chi connectivity index (χ0n) is 14.9. The van der Waals surface area contributed by atoms with E-state index in [1.807, 2.05) is 6.07 Å². The van der Waals surface area contributed by atoms with E-state index in [0.717, 1.165) is 25.7 Å². The van der Waals surface area contributed by atoms with Gasteiger partial charge in [0, 0.05) is 4.88 Å². The van der Waals surface area contributed by atoms with Gasteiger partial charge in [0.15, 0.2) is 0 Å². The van der Waals surface area contributed by atoms with Crippen LogP contribution in [0.3, 0.4) is 0 Å². The first-order valence-electron chi connectivity index (χ1n) is 8.68. The SMILES string of the molecule is COc1ccc(S(=O)(=O)NNC(=O)c2cc3c(s2)CCCCCC3)cc1Cl. The summed E-state index contributed by atoms with van der Waals surface area (Å²) >= 11 is 7.41. The fourth-order valence-electron chi connectivity index (χ4n) is 3.00. The van der Waals surface area contributed by atoms with E-state index in [0.29, 0.717) is 10.6 Å². The van der Waals surface area contributed by atoms with Crippen molar-refractivity contribution in [2.75, 3.05) is 7.11 Å². The number of amides is 1. The molecule has 2 aromatic rings. The third-order valence-electron chi connectivity index (χ3n) is 4.45. The Morgan fingerprint density at radius 3 is 2.59 bits per heavy atom. The fourth-order valence-corrected chi connectivity index (χ4v) is 5.34. The number of fused-ring (bicyclic) bond motifs is 1. The van der Waals surface area contributed by atoms with Gasteiger partial charge in [0.2, 0.25) is 0 Å². The molecular formula is C18H21ClN2O4S2. The molecule has 1 amide bonds. The summed E-state index contributed by atoms with van der Waals surface area (Å²) in [5.41, 5.74) is 3.49.